The zero-order chi connectivity index (χ0) is 15.5. The van der Waals surface area contributed by atoms with E-state index in [1.165, 1.54) is 12.1 Å². The van der Waals surface area contributed by atoms with Crippen molar-refractivity contribution in [2.45, 2.75) is 0 Å². The number of aromatic amines is 1. The van der Waals surface area contributed by atoms with E-state index < -0.39 is 0 Å². The highest BCUT2D eigenvalue weighted by atomic mass is 19.1. The molecule has 0 bridgehead atoms. The molecule has 1 aromatic heterocycles. The lowest BCUT2D eigenvalue weighted by Crippen LogP contribution is -2.48. The molecule has 114 valence electrons. The summed E-state index contributed by atoms with van der Waals surface area (Å²) >= 11 is 0. The molecule has 1 N–H and O–H groups in total. The van der Waals surface area contributed by atoms with Gasteiger partial charge >= 0.3 is 0 Å². The lowest BCUT2D eigenvalue weighted by Gasteiger charge is -2.34. The van der Waals surface area contributed by atoms with Gasteiger partial charge in [0.25, 0.3) is 0 Å². The quantitative estimate of drug-likeness (QED) is 0.883. The molecule has 1 aliphatic rings. The summed E-state index contributed by atoms with van der Waals surface area (Å²) in [7, 11) is 0. The molecular weight excluding hydrogens is 283 g/mol. The van der Waals surface area contributed by atoms with E-state index in [0.29, 0.717) is 37.4 Å². The smallest absolute Gasteiger partial charge is 0.246 e. The minimum Gasteiger partial charge on any atom is -0.352 e. The molecule has 0 spiro atoms. The van der Waals surface area contributed by atoms with E-state index in [0.717, 1.165) is 5.82 Å². The third-order valence-electron chi connectivity index (χ3n) is 3.82. The van der Waals surface area contributed by atoms with Crippen molar-refractivity contribution >= 4 is 11.7 Å². The van der Waals surface area contributed by atoms with Crippen LogP contribution in [0.25, 0.3) is 11.3 Å². The topological polar surface area (TPSA) is 52.2 Å². The summed E-state index contributed by atoms with van der Waals surface area (Å²) in [6.07, 6.45) is 1.33. The van der Waals surface area contributed by atoms with E-state index >= 15 is 0 Å². The predicted molar refractivity (Wildman–Crippen MR) is 83.0 cm³/mol. The molecule has 1 aromatic carbocycles. The zero-order valence-corrected chi connectivity index (χ0v) is 12.1. The second kappa shape index (κ2) is 6.01. The van der Waals surface area contributed by atoms with E-state index in [1.807, 2.05) is 6.07 Å². The van der Waals surface area contributed by atoms with Gasteiger partial charge in [0, 0.05) is 37.8 Å². The Kier molecular flexibility index (Phi) is 3.91. The number of amides is 1. The molecule has 6 heteroatoms. The van der Waals surface area contributed by atoms with Crippen LogP contribution in [0.15, 0.2) is 43.0 Å². The van der Waals surface area contributed by atoms with Crippen LogP contribution >= 0.6 is 0 Å². The number of hydrogen-bond acceptors (Lipinski definition) is 3. The molecule has 2 heterocycles. The molecule has 1 amide bonds. The van der Waals surface area contributed by atoms with Crippen LogP contribution in [0.1, 0.15) is 0 Å². The number of aromatic nitrogens is 2. The second-order valence-electron chi connectivity index (χ2n) is 5.14. The van der Waals surface area contributed by atoms with E-state index in [2.05, 4.69) is 21.7 Å². The molecule has 22 heavy (non-hydrogen) atoms. The Morgan fingerprint density at radius 2 is 2.00 bits per heavy atom. The van der Waals surface area contributed by atoms with Gasteiger partial charge in [0.05, 0.1) is 5.69 Å². The lowest BCUT2D eigenvalue weighted by molar-refractivity contribution is -0.126. The van der Waals surface area contributed by atoms with Crippen LogP contribution in [0, 0.1) is 5.82 Å². The van der Waals surface area contributed by atoms with Crippen LogP contribution in [0.2, 0.25) is 0 Å². The first kappa shape index (κ1) is 14.3. The molecule has 0 saturated carbocycles. The van der Waals surface area contributed by atoms with E-state index in [9.17, 15) is 9.18 Å². The summed E-state index contributed by atoms with van der Waals surface area (Å²) in [5.74, 6) is 0.441. The molecule has 0 radical (unpaired) electrons. The molecule has 0 unspecified atom stereocenters. The number of benzene rings is 1. The maximum atomic E-state index is 13.8. The third kappa shape index (κ3) is 2.72. The van der Waals surface area contributed by atoms with Gasteiger partial charge in [-0.15, -0.1) is 0 Å². The molecule has 2 aromatic rings. The number of H-pyrrole nitrogens is 1. The van der Waals surface area contributed by atoms with Crippen molar-refractivity contribution in [1.82, 2.24) is 15.1 Å². The van der Waals surface area contributed by atoms with Gasteiger partial charge < -0.3 is 9.80 Å². The standard InChI is InChI=1S/C16H17FN4O/c1-2-16(22)21-9-7-20(8-10-21)15-11-14(18-19-15)12-5-3-4-6-13(12)17/h2-6,11H,1,7-10H2,(H,18,19). The maximum Gasteiger partial charge on any atom is 0.246 e. The molecule has 0 aliphatic carbocycles. The van der Waals surface area contributed by atoms with Gasteiger partial charge in [-0.05, 0) is 18.2 Å². The summed E-state index contributed by atoms with van der Waals surface area (Å²) in [6.45, 7) is 6.16. The number of anilines is 1. The van der Waals surface area contributed by atoms with Crippen molar-refractivity contribution in [3.05, 3.63) is 48.8 Å². The Morgan fingerprint density at radius 3 is 2.68 bits per heavy atom. The number of nitrogens with zero attached hydrogens (tertiary/aromatic N) is 3. The first-order chi connectivity index (χ1) is 10.7. The molecule has 1 saturated heterocycles. The van der Waals surface area contributed by atoms with Crippen LogP contribution in [-0.4, -0.2) is 47.2 Å². The van der Waals surface area contributed by atoms with Crippen LogP contribution in [0.5, 0.6) is 0 Å². The average Bonchev–Trinajstić information content (AvgIpc) is 3.04. The largest absolute Gasteiger partial charge is 0.352 e. The van der Waals surface area contributed by atoms with Crippen molar-refractivity contribution in [3.8, 4) is 11.3 Å². The Bertz CT molecular complexity index is 689. The SMILES string of the molecule is C=CC(=O)N1CCN(c2cc(-c3ccccc3F)[nH]n2)CC1. The van der Waals surface area contributed by atoms with E-state index in [1.54, 1.807) is 23.1 Å². The van der Waals surface area contributed by atoms with Crippen molar-refractivity contribution in [3.63, 3.8) is 0 Å². The molecule has 0 atom stereocenters. The third-order valence-corrected chi connectivity index (χ3v) is 3.82. The molecule has 3 rings (SSSR count). The van der Waals surface area contributed by atoms with Crippen LogP contribution < -0.4 is 4.90 Å². The predicted octanol–water partition coefficient (Wildman–Crippen LogP) is 2.05. The maximum absolute atomic E-state index is 13.8. The second-order valence-corrected chi connectivity index (χ2v) is 5.14. The normalized spacial score (nSPS) is 15.0. The monoisotopic (exact) mass is 300 g/mol. The van der Waals surface area contributed by atoms with Crippen molar-refractivity contribution < 1.29 is 9.18 Å². The Morgan fingerprint density at radius 1 is 1.27 bits per heavy atom. The number of carbonyl (C=O) groups is 1. The van der Waals surface area contributed by atoms with Gasteiger partial charge in [0.1, 0.15) is 5.82 Å². The Hall–Kier alpha value is -2.63. The Labute approximate surface area is 128 Å². The first-order valence-electron chi connectivity index (χ1n) is 7.15. The fourth-order valence-electron chi connectivity index (χ4n) is 2.58. The highest BCUT2D eigenvalue weighted by Gasteiger charge is 2.21. The van der Waals surface area contributed by atoms with Gasteiger partial charge in [0.2, 0.25) is 5.91 Å². The van der Waals surface area contributed by atoms with Gasteiger partial charge in [-0.1, -0.05) is 18.7 Å². The number of carbonyl (C=O) groups excluding carboxylic acids is 1. The summed E-state index contributed by atoms with van der Waals surface area (Å²) in [4.78, 5) is 15.4. The molecule has 1 fully saturated rings. The zero-order valence-electron chi connectivity index (χ0n) is 12.1. The highest BCUT2D eigenvalue weighted by Crippen LogP contribution is 2.24. The highest BCUT2D eigenvalue weighted by molar-refractivity contribution is 5.87. The van der Waals surface area contributed by atoms with Crippen molar-refractivity contribution in [1.29, 1.82) is 0 Å². The number of nitrogens with one attached hydrogen (secondary N) is 1. The van der Waals surface area contributed by atoms with Crippen LogP contribution in [0.4, 0.5) is 10.2 Å². The molecular formula is C16H17FN4O. The summed E-state index contributed by atoms with van der Waals surface area (Å²) < 4.78 is 13.8. The van der Waals surface area contributed by atoms with Gasteiger partial charge in [-0.25, -0.2) is 4.39 Å². The minimum atomic E-state index is -0.279. The van der Waals surface area contributed by atoms with E-state index in [4.69, 9.17) is 0 Å². The van der Waals surface area contributed by atoms with Gasteiger partial charge in [0.15, 0.2) is 5.82 Å². The van der Waals surface area contributed by atoms with Crippen molar-refractivity contribution in [2.24, 2.45) is 0 Å². The van der Waals surface area contributed by atoms with Gasteiger partial charge in [-0.2, -0.15) is 5.10 Å². The van der Waals surface area contributed by atoms with Gasteiger partial charge in [-0.3, -0.25) is 9.89 Å². The summed E-state index contributed by atoms with van der Waals surface area (Å²) in [5.41, 5.74) is 1.15. The molecule has 5 nitrogen and oxygen atoms in total. The fourth-order valence-corrected chi connectivity index (χ4v) is 2.58. The number of piperazine rings is 1. The summed E-state index contributed by atoms with van der Waals surface area (Å²) in [6, 6.07) is 8.43. The molecule has 1 aliphatic heterocycles. The number of halogens is 1. The average molecular weight is 300 g/mol. The van der Waals surface area contributed by atoms with Crippen LogP contribution in [0.3, 0.4) is 0 Å². The number of hydrogen-bond donors (Lipinski definition) is 1. The Balaban J connectivity index is 1.72. The lowest BCUT2D eigenvalue weighted by atomic mass is 10.1. The van der Waals surface area contributed by atoms with Crippen molar-refractivity contribution in [2.75, 3.05) is 31.1 Å². The minimum absolute atomic E-state index is 0.0475. The fraction of sp³-hybridized carbons (Fsp3) is 0.250. The van der Waals surface area contributed by atoms with Crippen LogP contribution in [-0.2, 0) is 4.79 Å². The number of rotatable bonds is 3. The summed E-state index contributed by atoms with van der Waals surface area (Å²) in [5, 5.41) is 7.14. The first-order valence-corrected chi connectivity index (χ1v) is 7.15. The van der Waals surface area contributed by atoms with E-state index in [-0.39, 0.29) is 11.7 Å².